The smallest absolute Gasteiger partial charge is 0.335 e. The maximum absolute atomic E-state index is 12.4. The summed E-state index contributed by atoms with van der Waals surface area (Å²) < 4.78 is 1.14. The van der Waals surface area contributed by atoms with Crippen molar-refractivity contribution in [2.45, 2.75) is 20.8 Å². The third-order valence-corrected chi connectivity index (χ3v) is 4.96. The first-order chi connectivity index (χ1) is 13.4. The second kappa shape index (κ2) is 8.53. The van der Waals surface area contributed by atoms with E-state index in [2.05, 4.69) is 20.2 Å². The standard InChI is InChI=1S/C20H27N5O3/c1-13-10-14(2)17(15(3)11-13)25-19(27)16(18(26)23-20(25)28)12-22-6-9-24-7-4-21-5-8-24/h10-12,21,27H,4-9H2,1-3H3,(H,23,26,28). The van der Waals surface area contributed by atoms with Crippen molar-refractivity contribution in [1.82, 2.24) is 19.8 Å². The Morgan fingerprint density at radius 2 is 1.79 bits per heavy atom. The van der Waals surface area contributed by atoms with Crippen LogP contribution in [0.5, 0.6) is 5.88 Å². The van der Waals surface area contributed by atoms with Gasteiger partial charge in [0.2, 0.25) is 5.88 Å². The van der Waals surface area contributed by atoms with Crippen molar-refractivity contribution >= 4 is 6.21 Å². The van der Waals surface area contributed by atoms with Gasteiger partial charge in [-0.05, 0) is 31.9 Å². The van der Waals surface area contributed by atoms with Crippen LogP contribution in [0, 0.1) is 20.8 Å². The molecule has 2 heterocycles. The molecule has 0 unspecified atom stereocenters. The molecule has 1 aromatic heterocycles. The molecule has 1 aliphatic heterocycles. The summed E-state index contributed by atoms with van der Waals surface area (Å²) in [4.78, 5) is 33.5. The number of hydrogen-bond acceptors (Lipinski definition) is 6. The van der Waals surface area contributed by atoms with Crippen LogP contribution in [0.1, 0.15) is 22.3 Å². The van der Waals surface area contributed by atoms with Crippen LogP contribution in [0.3, 0.4) is 0 Å². The number of H-pyrrole nitrogens is 1. The molecule has 8 heteroatoms. The van der Waals surface area contributed by atoms with E-state index in [-0.39, 0.29) is 5.56 Å². The van der Waals surface area contributed by atoms with Crippen LogP contribution in [-0.4, -0.2) is 65.0 Å². The largest absolute Gasteiger partial charge is 0.493 e. The van der Waals surface area contributed by atoms with E-state index in [1.807, 2.05) is 32.9 Å². The Morgan fingerprint density at radius 3 is 2.43 bits per heavy atom. The van der Waals surface area contributed by atoms with E-state index in [1.54, 1.807) is 0 Å². The molecule has 1 aromatic carbocycles. The molecular weight excluding hydrogens is 358 g/mol. The van der Waals surface area contributed by atoms with Crippen LogP contribution in [-0.2, 0) is 0 Å². The van der Waals surface area contributed by atoms with Crippen LogP contribution in [0.25, 0.3) is 5.69 Å². The summed E-state index contributed by atoms with van der Waals surface area (Å²) in [7, 11) is 0. The number of aromatic amines is 1. The lowest BCUT2D eigenvalue weighted by Crippen LogP contribution is -2.44. The molecule has 0 atom stereocenters. The van der Waals surface area contributed by atoms with E-state index >= 15 is 0 Å². The molecule has 150 valence electrons. The van der Waals surface area contributed by atoms with Crippen molar-refractivity contribution in [3.63, 3.8) is 0 Å². The molecule has 0 radical (unpaired) electrons. The number of aromatic nitrogens is 2. The van der Waals surface area contributed by atoms with Gasteiger partial charge in [0.25, 0.3) is 5.56 Å². The van der Waals surface area contributed by atoms with Crippen molar-refractivity contribution in [2.24, 2.45) is 4.99 Å². The maximum atomic E-state index is 12.4. The zero-order valence-corrected chi connectivity index (χ0v) is 16.6. The fourth-order valence-corrected chi connectivity index (χ4v) is 3.68. The first kappa shape index (κ1) is 20.0. The van der Waals surface area contributed by atoms with Gasteiger partial charge in [-0.3, -0.25) is 19.7 Å². The number of rotatable bonds is 5. The molecule has 0 aliphatic carbocycles. The Hall–Kier alpha value is -2.71. The predicted molar refractivity (Wildman–Crippen MR) is 110 cm³/mol. The molecule has 0 amide bonds. The Balaban J connectivity index is 1.91. The molecule has 3 N–H and O–H groups in total. The molecule has 1 aliphatic rings. The minimum atomic E-state index is -0.671. The van der Waals surface area contributed by atoms with Crippen molar-refractivity contribution in [2.75, 3.05) is 39.3 Å². The molecule has 8 nitrogen and oxygen atoms in total. The number of benzene rings is 1. The van der Waals surface area contributed by atoms with Gasteiger partial charge < -0.3 is 10.4 Å². The van der Waals surface area contributed by atoms with Crippen molar-refractivity contribution in [1.29, 1.82) is 0 Å². The summed E-state index contributed by atoms with van der Waals surface area (Å²) in [6.45, 7) is 10.9. The van der Waals surface area contributed by atoms with Gasteiger partial charge in [-0.25, -0.2) is 9.36 Å². The highest BCUT2D eigenvalue weighted by Gasteiger charge is 2.17. The molecule has 28 heavy (non-hydrogen) atoms. The summed E-state index contributed by atoms with van der Waals surface area (Å²) >= 11 is 0. The van der Waals surface area contributed by atoms with Gasteiger partial charge in [-0.15, -0.1) is 0 Å². The van der Waals surface area contributed by atoms with Crippen LogP contribution < -0.4 is 16.6 Å². The third kappa shape index (κ3) is 4.23. The molecule has 0 saturated carbocycles. The van der Waals surface area contributed by atoms with E-state index in [0.29, 0.717) is 12.2 Å². The second-order valence-corrected chi connectivity index (χ2v) is 7.21. The molecule has 0 spiro atoms. The number of hydrogen-bond donors (Lipinski definition) is 3. The molecular formula is C20H27N5O3. The monoisotopic (exact) mass is 385 g/mol. The van der Waals surface area contributed by atoms with Gasteiger partial charge in [0.05, 0.1) is 12.2 Å². The fraction of sp³-hybridized carbons (Fsp3) is 0.450. The predicted octanol–water partition coefficient (Wildman–Crippen LogP) is 0.481. The Morgan fingerprint density at radius 1 is 1.14 bits per heavy atom. The van der Waals surface area contributed by atoms with Gasteiger partial charge in [0, 0.05) is 38.9 Å². The van der Waals surface area contributed by atoms with E-state index in [9.17, 15) is 14.7 Å². The zero-order chi connectivity index (χ0) is 20.3. The number of nitrogens with one attached hydrogen (secondary N) is 2. The summed E-state index contributed by atoms with van der Waals surface area (Å²) in [6, 6.07) is 3.86. The first-order valence-electron chi connectivity index (χ1n) is 9.48. The topological polar surface area (TPSA) is 103 Å². The van der Waals surface area contributed by atoms with Crippen molar-refractivity contribution < 1.29 is 5.11 Å². The minimum absolute atomic E-state index is 0.0146. The highest BCUT2D eigenvalue weighted by Crippen LogP contribution is 2.23. The molecule has 1 saturated heterocycles. The number of aryl methyl sites for hydroxylation is 3. The Labute approximate surface area is 163 Å². The van der Waals surface area contributed by atoms with Crippen LogP contribution >= 0.6 is 0 Å². The summed E-state index contributed by atoms with van der Waals surface area (Å²) in [6.07, 6.45) is 1.35. The lowest BCUT2D eigenvalue weighted by molar-refractivity contribution is 0.248. The number of aliphatic imine (C=N–C) groups is 1. The average Bonchev–Trinajstić information content (AvgIpc) is 2.63. The first-order valence-corrected chi connectivity index (χ1v) is 9.48. The summed E-state index contributed by atoms with van der Waals surface area (Å²) in [5, 5.41) is 14.0. The molecule has 1 fully saturated rings. The quantitative estimate of drug-likeness (QED) is 0.650. The van der Waals surface area contributed by atoms with Gasteiger partial charge >= 0.3 is 5.69 Å². The van der Waals surface area contributed by atoms with E-state index in [4.69, 9.17) is 0 Å². The highest BCUT2D eigenvalue weighted by molar-refractivity contribution is 5.82. The molecule has 3 rings (SSSR count). The minimum Gasteiger partial charge on any atom is -0.493 e. The lowest BCUT2D eigenvalue weighted by atomic mass is 10.0. The number of piperazine rings is 1. The normalized spacial score (nSPS) is 15.4. The third-order valence-electron chi connectivity index (χ3n) is 4.96. The highest BCUT2D eigenvalue weighted by atomic mass is 16.3. The van der Waals surface area contributed by atoms with Gasteiger partial charge in [-0.2, -0.15) is 0 Å². The van der Waals surface area contributed by atoms with Crippen LogP contribution in [0.2, 0.25) is 0 Å². The van der Waals surface area contributed by atoms with E-state index in [0.717, 1.165) is 54.0 Å². The lowest BCUT2D eigenvalue weighted by Gasteiger charge is -2.26. The van der Waals surface area contributed by atoms with Gasteiger partial charge in [0.15, 0.2) is 0 Å². The number of nitrogens with zero attached hydrogens (tertiary/aromatic N) is 3. The van der Waals surface area contributed by atoms with E-state index < -0.39 is 17.1 Å². The summed E-state index contributed by atoms with van der Waals surface area (Å²) in [5.41, 5.74) is 1.97. The Bertz CT molecular complexity index is 977. The molecule has 2 aromatic rings. The van der Waals surface area contributed by atoms with Crippen molar-refractivity contribution in [3.05, 3.63) is 55.2 Å². The van der Waals surface area contributed by atoms with Gasteiger partial charge in [-0.1, -0.05) is 17.7 Å². The maximum Gasteiger partial charge on any atom is 0.335 e. The fourth-order valence-electron chi connectivity index (χ4n) is 3.68. The Kier molecular flexibility index (Phi) is 6.11. The zero-order valence-electron chi connectivity index (χ0n) is 16.6. The summed E-state index contributed by atoms with van der Waals surface area (Å²) in [5.74, 6) is -0.394. The van der Waals surface area contributed by atoms with Gasteiger partial charge in [0.1, 0.15) is 5.56 Å². The second-order valence-electron chi connectivity index (χ2n) is 7.21. The van der Waals surface area contributed by atoms with Crippen LogP contribution in [0.15, 0.2) is 26.7 Å². The van der Waals surface area contributed by atoms with Crippen LogP contribution in [0.4, 0.5) is 0 Å². The van der Waals surface area contributed by atoms with E-state index in [1.165, 1.54) is 6.21 Å². The van der Waals surface area contributed by atoms with Crippen molar-refractivity contribution in [3.8, 4) is 11.6 Å². The SMILES string of the molecule is Cc1cc(C)c(-n2c(O)c(C=NCCN3CCNCC3)c(=O)[nH]c2=O)c(C)c1. The molecule has 0 bridgehead atoms. The average molecular weight is 385 g/mol. The number of aromatic hydroxyl groups is 1.